The summed E-state index contributed by atoms with van der Waals surface area (Å²) >= 11 is 0. The van der Waals surface area contributed by atoms with Crippen molar-refractivity contribution >= 4 is 5.91 Å². The number of aromatic nitrogens is 3. The van der Waals surface area contributed by atoms with E-state index in [2.05, 4.69) is 15.2 Å². The van der Waals surface area contributed by atoms with Crippen molar-refractivity contribution in [2.24, 2.45) is 0 Å². The Hall–Kier alpha value is -1.59. The molecule has 0 aliphatic heterocycles. The number of carbonyl (C=O) groups is 1. The third kappa shape index (κ3) is 1.47. The summed E-state index contributed by atoms with van der Waals surface area (Å²) in [6.07, 6.45) is 2.08. The second-order valence-corrected chi connectivity index (χ2v) is 3.17. The van der Waals surface area contributed by atoms with Gasteiger partial charge in [-0.15, -0.1) is 5.10 Å². The number of nitrogens with zero attached hydrogens (tertiary/aromatic N) is 2. The molecule has 2 N–H and O–H groups in total. The van der Waals surface area contributed by atoms with Crippen LogP contribution in [0.2, 0.25) is 0 Å². The molecule has 13 heavy (non-hydrogen) atoms. The van der Waals surface area contributed by atoms with E-state index in [0.717, 1.165) is 12.8 Å². The average Bonchev–Trinajstić information content (AvgIpc) is 2.87. The molecule has 6 heteroatoms. The van der Waals surface area contributed by atoms with Crippen LogP contribution in [0.3, 0.4) is 0 Å². The van der Waals surface area contributed by atoms with Crippen LogP contribution in [-0.2, 0) is 0 Å². The van der Waals surface area contributed by atoms with Gasteiger partial charge in [0.05, 0.1) is 0 Å². The van der Waals surface area contributed by atoms with Crippen molar-refractivity contribution in [2.75, 3.05) is 7.05 Å². The lowest BCUT2D eigenvalue weighted by Crippen LogP contribution is -2.29. The monoisotopic (exact) mass is 182 g/mol. The van der Waals surface area contributed by atoms with Crippen LogP contribution in [-0.4, -0.2) is 39.1 Å². The van der Waals surface area contributed by atoms with Crippen molar-refractivity contribution < 1.29 is 4.79 Å². The molecule has 1 amide bonds. The van der Waals surface area contributed by atoms with E-state index in [1.54, 1.807) is 11.9 Å². The number of rotatable bonds is 2. The molecule has 0 saturated heterocycles. The maximum atomic E-state index is 11.5. The van der Waals surface area contributed by atoms with E-state index in [4.69, 9.17) is 0 Å². The van der Waals surface area contributed by atoms with Crippen LogP contribution in [0, 0.1) is 0 Å². The minimum Gasteiger partial charge on any atom is -0.336 e. The number of aromatic amines is 2. The minimum absolute atomic E-state index is 0.0828. The molecule has 0 spiro atoms. The molecule has 0 aromatic carbocycles. The highest BCUT2D eigenvalue weighted by atomic mass is 16.2. The molecule has 1 heterocycles. The second-order valence-electron chi connectivity index (χ2n) is 3.17. The topological polar surface area (TPSA) is 81.8 Å². The minimum atomic E-state index is -0.451. The highest BCUT2D eigenvalue weighted by molar-refractivity contribution is 5.90. The molecule has 0 unspecified atom stereocenters. The number of amides is 1. The summed E-state index contributed by atoms with van der Waals surface area (Å²) in [4.78, 5) is 26.1. The average molecular weight is 182 g/mol. The van der Waals surface area contributed by atoms with Crippen LogP contribution in [0.4, 0.5) is 0 Å². The van der Waals surface area contributed by atoms with Gasteiger partial charge in [0.25, 0.3) is 5.91 Å². The van der Waals surface area contributed by atoms with Gasteiger partial charge >= 0.3 is 5.69 Å². The van der Waals surface area contributed by atoms with Gasteiger partial charge in [0.2, 0.25) is 5.82 Å². The van der Waals surface area contributed by atoms with Crippen LogP contribution in [0.1, 0.15) is 23.5 Å². The van der Waals surface area contributed by atoms with Crippen LogP contribution in [0.5, 0.6) is 0 Å². The first-order chi connectivity index (χ1) is 6.18. The standard InChI is InChI=1S/C7H10N4O2/c1-11(4-2-3-4)6(12)5-8-7(13)10-9-5/h4H,2-3H2,1H3,(H2,8,9,10,13). The molecule has 1 aliphatic carbocycles. The van der Waals surface area contributed by atoms with E-state index < -0.39 is 5.69 Å². The third-order valence-electron chi connectivity index (χ3n) is 2.12. The van der Waals surface area contributed by atoms with Crippen LogP contribution >= 0.6 is 0 Å². The highest BCUT2D eigenvalue weighted by Gasteiger charge is 2.31. The van der Waals surface area contributed by atoms with Gasteiger partial charge in [-0.1, -0.05) is 0 Å². The van der Waals surface area contributed by atoms with E-state index in [1.165, 1.54) is 0 Å². The van der Waals surface area contributed by atoms with E-state index in [9.17, 15) is 9.59 Å². The zero-order valence-electron chi connectivity index (χ0n) is 7.20. The van der Waals surface area contributed by atoms with Gasteiger partial charge in [-0.25, -0.2) is 9.89 Å². The largest absolute Gasteiger partial charge is 0.341 e. The highest BCUT2D eigenvalue weighted by Crippen LogP contribution is 2.25. The van der Waals surface area contributed by atoms with Gasteiger partial charge in [-0.2, -0.15) is 0 Å². The fourth-order valence-electron chi connectivity index (χ4n) is 1.17. The van der Waals surface area contributed by atoms with Crippen molar-refractivity contribution in [3.8, 4) is 0 Å². The molecule has 1 aromatic heterocycles. The Morgan fingerprint density at radius 3 is 2.77 bits per heavy atom. The third-order valence-corrected chi connectivity index (χ3v) is 2.12. The van der Waals surface area contributed by atoms with Gasteiger partial charge in [-0.05, 0) is 12.8 Å². The molecule has 1 aromatic rings. The van der Waals surface area contributed by atoms with Crippen LogP contribution in [0.15, 0.2) is 4.79 Å². The van der Waals surface area contributed by atoms with Crippen molar-refractivity contribution in [3.63, 3.8) is 0 Å². The number of carbonyl (C=O) groups excluding carboxylic acids is 1. The Bertz CT molecular complexity index is 376. The zero-order chi connectivity index (χ0) is 9.42. The SMILES string of the molecule is CN(C(=O)c1n[nH]c(=O)[nH]1)C1CC1. The Morgan fingerprint density at radius 1 is 1.62 bits per heavy atom. The van der Waals surface area contributed by atoms with Gasteiger partial charge in [0.1, 0.15) is 0 Å². The van der Waals surface area contributed by atoms with Gasteiger partial charge in [0, 0.05) is 13.1 Å². The van der Waals surface area contributed by atoms with E-state index in [-0.39, 0.29) is 11.7 Å². The molecule has 1 fully saturated rings. The molecule has 2 rings (SSSR count). The molecular formula is C7H10N4O2. The van der Waals surface area contributed by atoms with Crippen molar-refractivity contribution in [1.82, 2.24) is 20.1 Å². The molecule has 1 aliphatic rings. The molecule has 70 valence electrons. The Morgan fingerprint density at radius 2 is 2.31 bits per heavy atom. The first kappa shape index (κ1) is 8.03. The summed E-state index contributed by atoms with van der Waals surface area (Å²) in [5.41, 5.74) is -0.451. The Balaban J connectivity index is 2.16. The fraction of sp³-hybridized carbons (Fsp3) is 0.571. The number of hydrogen-bond donors (Lipinski definition) is 2. The van der Waals surface area contributed by atoms with Crippen molar-refractivity contribution in [3.05, 3.63) is 16.3 Å². The van der Waals surface area contributed by atoms with E-state index >= 15 is 0 Å². The van der Waals surface area contributed by atoms with E-state index in [0.29, 0.717) is 6.04 Å². The smallest absolute Gasteiger partial charge is 0.336 e. The number of hydrogen-bond acceptors (Lipinski definition) is 3. The molecule has 6 nitrogen and oxygen atoms in total. The number of nitrogens with one attached hydrogen (secondary N) is 2. The maximum Gasteiger partial charge on any atom is 0.341 e. The number of H-pyrrole nitrogens is 2. The van der Waals surface area contributed by atoms with Gasteiger partial charge < -0.3 is 4.90 Å². The quantitative estimate of drug-likeness (QED) is 0.636. The van der Waals surface area contributed by atoms with E-state index in [1.807, 2.05) is 0 Å². The van der Waals surface area contributed by atoms with Crippen molar-refractivity contribution in [1.29, 1.82) is 0 Å². The Labute approximate surface area is 74.0 Å². The normalized spacial score (nSPS) is 15.8. The summed E-state index contributed by atoms with van der Waals surface area (Å²) in [6.45, 7) is 0. The predicted octanol–water partition coefficient (Wildman–Crippen LogP) is -0.668. The zero-order valence-corrected chi connectivity index (χ0v) is 7.20. The second kappa shape index (κ2) is 2.72. The summed E-state index contributed by atoms with van der Waals surface area (Å²) in [6, 6.07) is 0.327. The summed E-state index contributed by atoms with van der Waals surface area (Å²) in [7, 11) is 1.72. The maximum absolute atomic E-state index is 11.5. The Kier molecular flexibility index (Phi) is 1.68. The fourth-order valence-corrected chi connectivity index (χ4v) is 1.17. The summed E-state index contributed by atoms with van der Waals surface area (Å²) in [5, 5.41) is 5.72. The summed E-state index contributed by atoms with van der Waals surface area (Å²) in [5.74, 6) is -0.153. The van der Waals surface area contributed by atoms with Gasteiger partial charge in [0.15, 0.2) is 0 Å². The molecule has 1 saturated carbocycles. The van der Waals surface area contributed by atoms with Crippen molar-refractivity contribution in [2.45, 2.75) is 18.9 Å². The summed E-state index contributed by atoms with van der Waals surface area (Å²) < 4.78 is 0. The molecular weight excluding hydrogens is 172 g/mol. The lowest BCUT2D eigenvalue weighted by atomic mass is 10.4. The first-order valence-electron chi connectivity index (χ1n) is 4.10. The van der Waals surface area contributed by atoms with Crippen LogP contribution in [0.25, 0.3) is 0 Å². The molecule has 0 radical (unpaired) electrons. The van der Waals surface area contributed by atoms with Gasteiger partial charge in [-0.3, -0.25) is 9.78 Å². The predicted molar refractivity (Wildman–Crippen MR) is 44.3 cm³/mol. The molecule has 0 bridgehead atoms. The lowest BCUT2D eigenvalue weighted by molar-refractivity contribution is 0.0773. The lowest BCUT2D eigenvalue weighted by Gasteiger charge is -2.13. The first-order valence-corrected chi connectivity index (χ1v) is 4.10. The molecule has 0 atom stereocenters. The van der Waals surface area contributed by atoms with Crippen LogP contribution < -0.4 is 5.69 Å².